The molecule has 0 bridgehead atoms. The summed E-state index contributed by atoms with van der Waals surface area (Å²) in [6.45, 7) is 1.91. The van der Waals surface area contributed by atoms with E-state index in [4.69, 9.17) is 0 Å². The lowest BCUT2D eigenvalue weighted by Crippen LogP contribution is -2.41. The predicted octanol–water partition coefficient (Wildman–Crippen LogP) is 2.45. The molecule has 1 heterocycles. The average molecular weight is 260 g/mol. The SMILES string of the molecule is CC(NC(=O)C1(C#N)CCCCCC1)c1cn[nH]c1. The maximum Gasteiger partial charge on any atom is 0.240 e. The molecule has 0 aromatic carbocycles. The number of aromatic amines is 1. The van der Waals surface area contributed by atoms with Crippen molar-refractivity contribution in [2.75, 3.05) is 0 Å². The molecule has 1 aliphatic rings. The van der Waals surface area contributed by atoms with Crippen LogP contribution >= 0.6 is 0 Å². The average Bonchev–Trinajstić information content (AvgIpc) is 2.84. The number of amides is 1. The Bertz CT molecular complexity index is 452. The quantitative estimate of drug-likeness (QED) is 0.819. The molecule has 1 atom stereocenters. The Morgan fingerprint density at radius 2 is 2.16 bits per heavy atom. The third kappa shape index (κ3) is 2.95. The van der Waals surface area contributed by atoms with Crippen LogP contribution in [0, 0.1) is 16.7 Å². The second kappa shape index (κ2) is 5.87. The lowest BCUT2D eigenvalue weighted by Gasteiger charge is -2.25. The molecule has 19 heavy (non-hydrogen) atoms. The van der Waals surface area contributed by atoms with Gasteiger partial charge in [-0.15, -0.1) is 0 Å². The standard InChI is InChI=1S/C14H20N4O/c1-11(12-8-16-17-9-12)18-13(19)14(10-15)6-4-2-3-5-7-14/h8-9,11H,2-7H2,1H3,(H,16,17)(H,18,19). The zero-order valence-corrected chi connectivity index (χ0v) is 11.3. The van der Waals surface area contributed by atoms with E-state index in [1.165, 1.54) is 0 Å². The zero-order valence-electron chi connectivity index (χ0n) is 11.3. The molecule has 0 saturated heterocycles. The van der Waals surface area contributed by atoms with Crippen molar-refractivity contribution in [1.29, 1.82) is 5.26 Å². The summed E-state index contributed by atoms with van der Waals surface area (Å²) in [5.41, 5.74) is 0.0872. The number of rotatable bonds is 3. The summed E-state index contributed by atoms with van der Waals surface area (Å²) >= 11 is 0. The fourth-order valence-electron chi connectivity index (χ4n) is 2.64. The molecule has 1 aromatic heterocycles. The van der Waals surface area contributed by atoms with Gasteiger partial charge in [-0.3, -0.25) is 9.89 Å². The van der Waals surface area contributed by atoms with Crippen molar-refractivity contribution in [3.63, 3.8) is 0 Å². The van der Waals surface area contributed by atoms with Crippen LogP contribution in [-0.4, -0.2) is 16.1 Å². The van der Waals surface area contributed by atoms with Crippen LogP contribution in [0.1, 0.15) is 57.1 Å². The molecule has 102 valence electrons. The first-order valence-corrected chi connectivity index (χ1v) is 6.89. The van der Waals surface area contributed by atoms with E-state index >= 15 is 0 Å². The van der Waals surface area contributed by atoms with Crippen LogP contribution in [0.25, 0.3) is 0 Å². The first kappa shape index (κ1) is 13.6. The molecule has 1 unspecified atom stereocenters. The van der Waals surface area contributed by atoms with E-state index < -0.39 is 5.41 Å². The predicted molar refractivity (Wildman–Crippen MR) is 70.9 cm³/mol. The molecule has 1 saturated carbocycles. The van der Waals surface area contributed by atoms with Gasteiger partial charge in [0.15, 0.2) is 0 Å². The molecule has 5 nitrogen and oxygen atoms in total. The van der Waals surface area contributed by atoms with Gasteiger partial charge < -0.3 is 5.32 Å². The number of nitrogens with one attached hydrogen (secondary N) is 2. The molecule has 0 radical (unpaired) electrons. The largest absolute Gasteiger partial charge is 0.348 e. The Morgan fingerprint density at radius 1 is 1.47 bits per heavy atom. The van der Waals surface area contributed by atoms with E-state index in [0.29, 0.717) is 12.8 Å². The van der Waals surface area contributed by atoms with Gasteiger partial charge in [-0.1, -0.05) is 25.7 Å². The number of nitriles is 1. The minimum absolute atomic E-state index is 0.125. The first-order chi connectivity index (χ1) is 9.18. The van der Waals surface area contributed by atoms with Crippen molar-refractivity contribution in [1.82, 2.24) is 15.5 Å². The first-order valence-electron chi connectivity index (χ1n) is 6.89. The normalized spacial score (nSPS) is 20.0. The van der Waals surface area contributed by atoms with E-state index in [-0.39, 0.29) is 11.9 Å². The molecule has 2 rings (SSSR count). The lowest BCUT2D eigenvalue weighted by atomic mass is 9.80. The smallest absolute Gasteiger partial charge is 0.240 e. The molecular formula is C14H20N4O. The maximum atomic E-state index is 12.4. The highest BCUT2D eigenvalue weighted by molar-refractivity contribution is 5.85. The molecule has 1 amide bonds. The van der Waals surface area contributed by atoms with Gasteiger partial charge in [0.2, 0.25) is 5.91 Å². The van der Waals surface area contributed by atoms with Crippen LogP contribution in [0.3, 0.4) is 0 Å². The van der Waals surface area contributed by atoms with E-state index in [1.807, 2.05) is 6.92 Å². The molecule has 1 aromatic rings. The molecule has 2 N–H and O–H groups in total. The van der Waals surface area contributed by atoms with Crippen molar-refractivity contribution in [3.8, 4) is 6.07 Å². The summed E-state index contributed by atoms with van der Waals surface area (Å²) in [5, 5.41) is 19.0. The maximum absolute atomic E-state index is 12.4. The molecule has 0 aliphatic heterocycles. The zero-order chi connectivity index (χ0) is 13.7. The van der Waals surface area contributed by atoms with E-state index in [2.05, 4.69) is 21.6 Å². The second-order valence-corrected chi connectivity index (χ2v) is 5.33. The van der Waals surface area contributed by atoms with Gasteiger partial charge >= 0.3 is 0 Å². The van der Waals surface area contributed by atoms with Gasteiger partial charge in [0.05, 0.1) is 18.3 Å². The minimum Gasteiger partial charge on any atom is -0.348 e. The van der Waals surface area contributed by atoms with Gasteiger partial charge in [0.25, 0.3) is 0 Å². The summed E-state index contributed by atoms with van der Waals surface area (Å²) < 4.78 is 0. The van der Waals surface area contributed by atoms with Gasteiger partial charge in [-0.2, -0.15) is 10.4 Å². The number of carbonyl (C=O) groups excluding carboxylic acids is 1. The summed E-state index contributed by atoms with van der Waals surface area (Å²) in [4.78, 5) is 12.4. The number of hydrogen-bond donors (Lipinski definition) is 2. The summed E-state index contributed by atoms with van der Waals surface area (Å²) in [6, 6.07) is 2.15. The highest BCUT2D eigenvalue weighted by Gasteiger charge is 2.39. The minimum atomic E-state index is -0.839. The topological polar surface area (TPSA) is 81.6 Å². The number of hydrogen-bond acceptors (Lipinski definition) is 3. The molecule has 1 fully saturated rings. The van der Waals surface area contributed by atoms with Crippen LogP contribution in [0.2, 0.25) is 0 Å². The Hall–Kier alpha value is -1.83. The summed E-state index contributed by atoms with van der Waals surface area (Å²) in [7, 11) is 0. The Kier molecular flexibility index (Phi) is 4.20. The number of aromatic nitrogens is 2. The Balaban J connectivity index is 2.06. The third-order valence-corrected chi connectivity index (χ3v) is 3.97. The van der Waals surface area contributed by atoms with Gasteiger partial charge in [0.1, 0.15) is 5.41 Å². The molecule has 5 heteroatoms. The van der Waals surface area contributed by atoms with Crippen LogP contribution < -0.4 is 5.32 Å². The fraction of sp³-hybridized carbons (Fsp3) is 0.643. The lowest BCUT2D eigenvalue weighted by molar-refractivity contribution is -0.129. The number of H-pyrrole nitrogens is 1. The van der Waals surface area contributed by atoms with Crippen molar-refractivity contribution < 1.29 is 4.79 Å². The third-order valence-electron chi connectivity index (χ3n) is 3.97. The van der Waals surface area contributed by atoms with Crippen molar-refractivity contribution in [3.05, 3.63) is 18.0 Å². The van der Waals surface area contributed by atoms with Gasteiger partial charge in [-0.05, 0) is 19.8 Å². The van der Waals surface area contributed by atoms with E-state index in [1.54, 1.807) is 12.4 Å². The van der Waals surface area contributed by atoms with Gasteiger partial charge in [-0.25, -0.2) is 0 Å². The monoisotopic (exact) mass is 260 g/mol. The summed E-state index contributed by atoms with van der Waals surface area (Å²) in [5.74, 6) is -0.134. The molecular weight excluding hydrogens is 240 g/mol. The molecule has 1 aliphatic carbocycles. The summed E-state index contributed by atoms with van der Waals surface area (Å²) in [6.07, 6.45) is 8.96. The van der Waals surface area contributed by atoms with Crippen molar-refractivity contribution >= 4 is 5.91 Å². The van der Waals surface area contributed by atoms with E-state index in [0.717, 1.165) is 31.2 Å². The van der Waals surface area contributed by atoms with Crippen LogP contribution in [0.15, 0.2) is 12.4 Å². The van der Waals surface area contributed by atoms with Crippen molar-refractivity contribution in [2.24, 2.45) is 5.41 Å². The Morgan fingerprint density at radius 3 is 2.68 bits per heavy atom. The fourth-order valence-corrected chi connectivity index (χ4v) is 2.64. The number of nitrogens with zero attached hydrogens (tertiary/aromatic N) is 2. The second-order valence-electron chi connectivity index (χ2n) is 5.33. The Labute approximate surface area is 113 Å². The highest BCUT2D eigenvalue weighted by Crippen LogP contribution is 2.35. The van der Waals surface area contributed by atoms with Crippen LogP contribution in [0.4, 0.5) is 0 Å². The van der Waals surface area contributed by atoms with E-state index in [9.17, 15) is 10.1 Å². The molecule has 0 spiro atoms. The van der Waals surface area contributed by atoms with Crippen molar-refractivity contribution in [2.45, 2.75) is 51.5 Å². The number of carbonyl (C=O) groups is 1. The van der Waals surface area contributed by atoms with Crippen LogP contribution in [-0.2, 0) is 4.79 Å². The van der Waals surface area contributed by atoms with Gasteiger partial charge in [0, 0.05) is 11.8 Å². The highest BCUT2D eigenvalue weighted by atomic mass is 16.2. The van der Waals surface area contributed by atoms with Crippen LogP contribution in [0.5, 0.6) is 0 Å².